The zero-order valence-electron chi connectivity index (χ0n) is 9.29. The molecule has 0 bridgehead atoms. The average molecular weight is 208 g/mol. The number of hydrogen-bond acceptors (Lipinski definition) is 3. The lowest BCUT2D eigenvalue weighted by Crippen LogP contribution is -2.60. The molecular formula is C11H20N4. The first-order valence-electron chi connectivity index (χ1n) is 5.55. The molecule has 2 rings (SSSR count). The molecule has 1 aliphatic heterocycles. The molecule has 4 nitrogen and oxygen atoms in total. The van der Waals surface area contributed by atoms with E-state index in [1.807, 2.05) is 12.3 Å². The Labute approximate surface area is 90.8 Å². The van der Waals surface area contributed by atoms with Gasteiger partial charge in [-0.1, -0.05) is 0 Å². The molecule has 4 heteroatoms. The number of hydrogen-bond donors (Lipinski definition) is 3. The maximum absolute atomic E-state index is 6.36. The second-order valence-electron chi connectivity index (χ2n) is 4.47. The summed E-state index contributed by atoms with van der Waals surface area (Å²) in [7, 11) is 0. The van der Waals surface area contributed by atoms with Crippen molar-refractivity contribution < 1.29 is 0 Å². The predicted octanol–water partition coefficient (Wildman–Crippen LogP) is 0.137. The van der Waals surface area contributed by atoms with E-state index in [0.29, 0.717) is 0 Å². The Balaban J connectivity index is 1.98. The molecule has 2 heterocycles. The minimum Gasteiger partial charge on any atom is -0.365 e. The highest BCUT2D eigenvalue weighted by molar-refractivity contribution is 5.07. The molecule has 0 aliphatic carbocycles. The summed E-state index contributed by atoms with van der Waals surface area (Å²) >= 11 is 0. The molecule has 1 atom stereocenters. The third-order valence-corrected chi connectivity index (χ3v) is 3.05. The minimum absolute atomic E-state index is 0.243. The molecular weight excluding hydrogens is 188 g/mol. The van der Waals surface area contributed by atoms with Crippen LogP contribution >= 0.6 is 0 Å². The molecule has 4 N–H and O–H groups in total. The molecule has 0 radical (unpaired) electrons. The SMILES string of the molecule is CC(N)(Cc1ccc[nH]1)N1CCNCC1. The number of aromatic nitrogens is 1. The summed E-state index contributed by atoms with van der Waals surface area (Å²) < 4.78 is 0. The highest BCUT2D eigenvalue weighted by atomic mass is 15.3. The summed E-state index contributed by atoms with van der Waals surface area (Å²) in [6.07, 6.45) is 2.82. The van der Waals surface area contributed by atoms with Crippen molar-refractivity contribution in [2.75, 3.05) is 26.2 Å². The number of piperazine rings is 1. The van der Waals surface area contributed by atoms with Crippen molar-refractivity contribution >= 4 is 0 Å². The summed E-state index contributed by atoms with van der Waals surface area (Å²) in [5.41, 5.74) is 7.32. The van der Waals surface area contributed by atoms with Gasteiger partial charge in [-0.25, -0.2) is 0 Å². The first kappa shape index (κ1) is 10.7. The summed E-state index contributed by atoms with van der Waals surface area (Å²) in [6, 6.07) is 4.11. The molecule has 0 aromatic carbocycles. The van der Waals surface area contributed by atoms with E-state index in [9.17, 15) is 0 Å². The van der Waals surface area contributed by atoms with Crippen LogP contribution in [0, 0.1) is 0 Å². The number of nitrogens with two attached hydrogens (primary N) is 1. The van der Waals surface area contributed by atoms with Crippen LogP contribution in [0.2, 0.25) is 0 Å². The Morgan fingerprint density at radius 2 is 2.20 bits per heavy atom. The number of nitrogens with zero attached hydrogens (tertiary/aromatic N) is 1. The minimum atomic E-state index is -0.243. The van der Waals surface area contributed by atoms with Gasteiger partial charge in [-0.3, -0.25) is 4.90 Å². The van der Waals surface area contributed by atoms with Gasteiger partial charge in [0.05, 0.1) is 5.66 Å². The number of rotatable bonds is 3. The largest absolute Gasteiger partial charge is 0.365 e. The van der Waals surface area contributed by atoms with Gasteiger partial charge in [0.2, 0.25) is 0 Å². The van der Waals surface area contributed by atoms with Gasteiger partial charge in [0.1, 0.15) is 0 Å². The van der Waals surface area contributed by atoms with Gasteiger partial charge in [-0.2, -0.15) is 0 Å². The van der Waals surface area contributed by atoms with E-state index in [0.717, 1.165) is 32.6 Å². The topological polar surface area (TPSA) is 57.1 Å². The second-order valence-corrected chi connectivity index (χ2v) is 4.47. The van der Waals surface area contributed by atoms with Crippen LogP contribution in [0.15, 0.2) is 18.3 Å². The lowest BCUT2D eigenvalue weighted by molar-refractivity contribution is 0.0925. The first-order chi connectivity index (χ1) is 7.18. The van der Waals surface area contributed by atoms with Crippen LogP contribution in [0.4, 0.5) is 0 Å². The fourth-order valence-electron chi connectivity index (χ4n) is 2.15. The third-order valence-electron chi connectivity index (χ3n) is 3.05. The fourth-order valence-corrected chi connectivity index (χ4v) is 2.15. The van der Waals surface area contributed by atoms with Gasteiger partial charge in [0.15, 0.2) is 0 Å². The van der Waals surface area contributed by atoms with Crippen LogP contribution in [0.1, 0.15) is 12.6 Å². The van der Waals surface area contributed by atoms with Gasteiger partial charge in [-0.15, -0.1) is 0 Å². The van der Waals surface area contributed by atoms with E-state index in [2.05, 4.69) is 28.2 Å². The molecule has 1 unspecified atom stereocenters. The van der Waals surface area contributed by atoms with Gasteiger partial charge in [0, 0.05) is 44.5 Å². The number of nitrogens with one attached hydrogen (secondary N) is 2. The Kier molecular flexibility index (Phi) is 3.09. The molecule has 1 aromatic rings. The van der Waals surface area contributed by atoms with Gasteiger partial charge in [0.25, 0.3) is 0 Å². The van der Waals surface area contributed by atoms with Crippen LogP contribution in [0.25, 0.3) is 0 Å². The van der Waals surface area contributed by atoms with Crippen LogP contribution in [-0.4, -0.2) is 41.7 Å². The summed E-state index contributed by atoms with van der Waals surface area (Å²) in [4.78, 5) is 5.56. The summed E-state index contributed by atoms with van der Waals surface area (Å²) in [5.74, 6) is 0. The number of H-pyrrole nitrogens is 1. The Bertz CT molecular complexity index is 286. The van der Waals surface area contributed by atoms with E-state index >= 15 is 0 Å². The molecule has 0 amide bonds. The summed E-state index contributed by atoms with van der Waals surface area (Å²) in [6.45, 7) is 6.26. The van der Waals surface area contributed by atoms with Gasteiger partial charge in [-0.05, 0) is 19.1 Å². The highest BCUT2D eigenvalue weighted by Gasteiger charge is 2.28. The zero-order chi connectivity index (χ0) is 10.7. The fraction of sp³-hybridized carbons (Fsp3) is 0.636. The molecule has 1 saturated heterocycles. The maximum Gasteiger partial charge on any atom is 0.0714 e. The van der Waals surface area contributed by atoms with E-state index in [1.165, 1.54) is 5.69 Å². The van der Waals surface area contributed by atoms with Gasteiger partial charge >= 0.3 is 0 Å². The van der Waals surface area contributed by atoms with E-state index in [4.69, 9.17) is 5.73 Å². The Morgan fingerprint density at radius 3 is 2.80 bits per heavy atom. The van der Waals surface area contributed by atoms with Gasteiger partial charge < -0.3 is 16.0 Å². The van der Waals surface area contributed by atoms with Crippen molar-refractivity contribution in [2.24, 2.45) is 5.73 Å². The first-order valence-corrected chi connectivity index (χ1v) is 5.55. The molecule has 1 aliphatic rings. The zero-order valence-corrected chi connectivity index (χ0v) is 9.29. The van der Waals surface area contributed by atoms with Crippen molar-refractivity contribution in [1.29, 1.82) is 0 Å². The van der Waals surface area contributed by atoms with Crippen molar-refractivity contribution in [1.82, 2.24) is 15.2 Å². The normalized spacial score (nSPS) is 22.5. The standard InChI is InChI=1S/C11H20N4/c1-11(12,9-10-3-2-4-14-10)15-7-5-13-6-8-15/h2-4,13-14H,5-9,12H2,1H3. The predicted molar refractivity (Wildman–Crippen MR) is 61.5 cm³/mol. The van der Waals surface area contributed by atoms with E-state index in [1.54, 1.807) is 0 Å². The average Bonchev–Trinajstić information content (AvgIpc) is 2.71. The lowest BCUT2D eigenvalue weighted by atomic mass is 10.0. The molecule has 0 saturated carbocycles. The third kappa shape index (κ3) is 2.59. The van der Waals surface area contributed by atoms with Crippen LogP contribution in [-0.2, 0) is 6.42 Å². The monoisotopic (exact) mass is 208 g/mol. The van der Waals surface area contributed by atoms with Crippen molar-refractivity contribution in [3.63, 3.8) is 0 Å². The maximum atomic E-state index is 6.36. The smallest absolute Gasteiger partial charge is 0.0714 e. The molecule has 1 aromatic heterocycles. The van der Waals surface area contributed by atoms with Crippen LogP contribution in [0.3, 0.4) is 0 Å². The van der Waals surface area contributed by atoms with Crippen molar-refractivity contribution in [2.45, 2.75) is 19.0 Å². The molecule has 84 valence electrons. The van der Waals surface area contributed by atoms with Crippen molar-refractivity contribution in [3.8, 4) is 0 Å². The van der Waals surface area contributed by atoms with Crippen LogP contribution in [0.5, 0.6) is 0 Å². The lowest BCUT2D eigenvalue weighted by Gasteiger charge is -2.40. The molecule has 0 spiro atoms. The molecule has 1 fully saturated rings. The van der Waals surface area contributed by atoms with Crippen LogP contribution < -0.4 is 11.1 Å². The Hall–Kier alpha value is -0.840. The quantitative estimate of drug-likeness (QED) is 0.662. The van der Waals surface area contributed by atoms with E-state index < -0.39 is 0 Å². The highest BCUT2D eigenvalue weighted by Crippen LogP contribution is 2.14. The summed E-state index contributed by atoms with van der Waals surface area (Å²) in [5, 5.41) is 3.34. The second kappa shape index (κ2) is 4.35. The van der Waals surface area contributed by atoms with E-state index in [-0.39, 0.29) is 5.66 Å². The number of aromatic amines is 1. The van der Waals surface area contributed by atoms with Crippen molar-refractivity contribution in [3.05, 3.63) is 24.0 Å². The molecule has 15 heavy (non-hydrogen) atoms. The Morgan fingerprint density at radius 1 is 1.47 bits per heavy atom.